The number of nitrogens with one attached hydrogen (secondary N) is 2. The van der Waals surface area contributed by atoms with E-state index in [9.17, 15) is 9.59 Å². The molecule has 7 heteroatoms. The van der Waals surface area contributed by atoms with Crippen LogP contribution in [0.25, 0.3) is 0 Å². The van der Waals surface area contributed by atoms with Crippen molar-refractivity contribution in [2.45, 2.75) is 13.1 Å². The highest BCUT2D eigenvalue weighted by Gasteiger charge is 2.23. The van der Waals surface area contributed by atoms with Crippen molar-refractivity contribution in [1.82, 2.24) is 10.2 Å². The molecular weight excluding hydrogens is 344 g/mol. The lowest BCUT2D eigenvalue weighted by molar-refractivity contribution is 0.181. The number of cyclic esters (lactones) is 1. The number of carbonyl (C=O) groups excluding carboxylic acids is 2. The van der Waals surface area contributed by atoms with Gasteiger partial charge in [0.05, 0.1) is 6.54 Å². The zero-order valence-corrected chi connectivity index (χ0v) is 15.6. The molecule has 1 heterocycles. The van der Waals surface area contributed by atoms with E-state index >= 15 is 0 Å². The van der Waals surface area contributed by atoms with Gasteiger partial charge in [-0.05, 0) is 43.4 Å². The lowest BCUT2D eigenvalue weighted by Gasteiger charge is -2.14. The summed E-state index contributed by atoms with van der Waals surface area (Å²) in [4.78, 5) is 27.5. The Kier molecular flexibility index (Phi) is 5.93. The van der Waals surface area contributed by atoms with Gasteiger partial charge in [-0.2, -0.15) is 0 Å². The van der Waals surface area contributed by atoms with Crippen molar-refractivity contribution in [3.8, 4) is 0 Å². The fourth-order valence-corrected chi connectivity index (χ4v) is 2.94. The number of rotatable bonds is 6. The van der Waals surface area contributed by atoms with Crippen LogP contribution in [0.5, 0.6) is 0 Å². The van der Waals surface area contributed by atoms with Crippen molar-refractivity contribution in [3.63, 3.8) is 0 Å². The van der Waals surface area contributed by atoms with E-state index in [1.54, 1.807) is 23.1 Å². The molecule has 0 spiro atoms. The normalized spacial score (nSPS) is 13.6. The van der Waals surface area contributed by atoms with Gasteiger partial charge in [-0.1, -0.05) is 30.3 Å². The Labute approximate surface area is 158 Å². The minimum absolute atomic E-state index is 0.297. The van der Waals surface area contributed by atoms with Crippen molar-refractivity contribution in [2.75, 3.05) is 37.5 Å². The molecule has 0 radical (unpaired) electrons. The molecule has 1 aliphatic heterocycles. The van der Waals surface area contributed by atoms with E-state index in [1.165, 1.54) is 5.56 Å². The molecule has 142 valence electrons. The Hall–Kier alpha value is -3.06. The van der Waals surface area contributed by atoms with Crippen molar-refractivity contribution in [2.24, 2.45) is 0 Å². The van der Waals surface area contributed by atoms with E-state index in [0.29, 0.717) is 31.1 Å². The number of hydrogen-bond donors (Lipinski definition) is 2. The van der Waals surface area contributed by atoms with Crippen LogP contribution < -0.4 is 15.5 Å². The van der Waals surface area contributed by atoms with Gasteiger partial charge in [0.1, 0.15) is 6.61 Å². The molecule has 0 aromatic heterocycles. The van der Waals surface area contributed by atoms with E-state index in [-0.39, 0.29) is 12.1 Å². The third-order valence-corrected chi connectivity index (χ3v) is 4.12. The average molecular weight is 368 g/mol. The molecule has 7 nitrogen and oxygen atoms in total. The Morgan fingerprint density at radius 1 is 1.15 bits per heavy atom. The maximum absolute atomic E-state index is 12.2. The van der Waals surface area contributed by atoms with Crippen molar-refractivity contribution in [3.05, 3.63) is 59.7 Å². The maximum Gasteiger partial charge on any atom is 0.414 e. The molecule has 0 aliphatic carbocycles. The molecule has 3 rings (SSSR count). The number of hydrogen-bond acceptors (Lipinski definition) is 4. The summed E-state index contributed by atoms with van der Waals surface area (Å²) in [5, 5.41) is 5.66. The van der Waals surface area contributed by atoms with E-state index < -0.39 is 0 Å². The summed E-state index contributed by atoms with van der Waals surface area (Å²) in [6, 6.07) is 15.0. The number of ether oxygens (including phenoxy) is 1. The second kappa shape index (κ2) is 8.55. The zero-order valence-electron chi connectivity index (χ0n) is 15.6. The molecule has 0 saturated carbocycles. The molecule has 0 unspecified atom stereocenters. The minimum Gasteiger partial charge on any atom is -0.447 e. The van der Waals surface area contributed by atoms with Crippen molar-refractivity contribution in [1.29, 1.82) is 0 Å². The lowest BCUT2D eigenvalue weighted by Crippen LogP contribution is -2.28. The van der Waals surface area contributed by atoms with Gasteiger partial charge in [0.15, 0.2) is 0 Å². The van der Waals surface area contributed by atoms with Crippen LogP contribution in [0.15, 0.2) is 48.5 Å². The largest absolute Gasteiger partial charge is 0.447 e. The van der Waals surface area contributed by atoms with Gasteiger partial charge < -0.3 is 20.3 Å². The summed E-state index contributed by atoms with van der Waals surface area (Å²) in [7, 11) is 4.04. The molecule has 0 bridgehead atoms. The van der Waals surface area contributed by atoms with E-state index in [1.807, 2.05) is 32.3 Å². The standard InChI is InChI=1S/C20H24N4O3/c1-23(2)14-16-6-3-5-15(11-16)13-21-19(25)22-17-7-4-8-18(12-17)24-9-10-27-20(24)26/h3-8,11-12H,9-10,13-14H2,1-2H3,(H2,21,22,25). The highest BCUT2D eigenvalue weighted by atomic mass is 16.6. The van der Waals surface area contributed by atoms with Gasteiger partial charge in [-0.25, -0.2) is 9.59 Å². The SMILES string of the molecule is CN(C)Cc1cccc(CNC(=O)Nc2cccc(N3CCOC3=O)c2)c1. The van der Waals surface area contributed by atoms with E-state index in [0.717, 1.165) is 12.1 Å². The fourth-order valence-electron chi connectivity index (χ4n) is 2.94. The Morgan fingerprint density at radius 2 is 1.93 bits per heavy atom. The van der Waals surface area contributed by atoms with Gasteiger partial charge in [0.25, 0.3) is 0 Å². The van der Waals surface area contributed by atoms with Crippen LogP contribution in [0.2, 0.25) is 0 Å². The van der Waals surface area contributed by atoms with Crippen LogP contribution >= 0.6 is 0 Å². The molecule has 1 fully saturated rings. The number of carbonyl (C=O) groups is 2. The second-order valence-electron chi connectivity index (χ2n) is 6.68. The fraction of sp³-hybridized carbons (Fsp3) is 0.300. The Morgan fingerprint density at radius 3 is 2.67 bits per heavy atom. The van der Waals surface area contributed by atoms with Gasteiger partial charge in [0.2, 0.25) is 0 Å². The predicted molar refractivity (Wildman–Crippen MR) is 105 cm³/mol. The monoisotopic (exact) mass is 368 g/mol. The highest BCUT2D eigenvalue weighted by Crippen LogP contribution is 2.22. The van der Waals surface area contributed by atoms with Gasteiger partial charge in [-0.3, -0.25) is 4.90 Å². The van der Waals surface area contributed by atoms with Gasteiger partial charge >= 0.3 is 12.1 Å². The van der Waals surface area contributed by atoms with Gasteiger partial charge in [-0.15, -0.1) is 0 Å². The first-order valence-electron chi connectivity index (χ1n) is 8.83. The van der Waals surface area contributed by atoms with Crippen LogP contribution in [-0.4, -0.2) is 44.3 Å². The number of anilines is 2. The van der Waals surface area contributed by atoms with Gasteiger partial charge in [0, 0.05) is 24.5 Å². The summed E-state index contributed by atoms with van der Waals surface area (Å²) in [6.07, 6.45) is -0.366. The summed E-state index contributed by atoms with van der Waals surface area (Å²) in [6.45, 7) is 2.18. The maximum atomic E-state index is 12.2. The number of amides is 3. The molecule has 3 amide bonds. The van der Waals surface area contributed by atoms with Crippen LogP contribution in [0, 0.1) is 0 Å². The topological polar surface area (TPSA) is 73.9 Å². The summed E-state index contributed by atoms with van der Waals surface area (Å²) in [5.74, 6) is 0. The number of nitrogens with zero attached hydrogens (tertiary/aromatic N) is 2. The number of benzene rings is 2. The van der Waals surface area contributed by atoms with Crippen LogP contribution in [0.1, 0.15) is 11.1 Å². The lowest BCUT2D eigenvalue weighted by atomic mass is 10.1. The molecule has 2 aromatic carbocycles. The summed E-state index contributed by atoms with van der Waals surface area (Å²) < 4.78 is 4.95. The molecule has 27 heavy (non-hydrogen) atoms. The molecule has 1 saturated heterocycles. The quantitative estimate of drug-likeness (QED) is 0.822. The van der Waals surface area contributed by atoms with Crippen molar-refractivity contribution < 1.29 is 14.3 Å². The second-order valence-corrected chi connectivity index (χ2v) is 6.68. The first kappa shape index (κ1) is 18.7. The van der Waals surface area contributed by atoms with Crippen LogP contribution in [0.4, 0.5) is 21.0 Å². The first-order chi connectivity index (χ1) is 13.0. The highest BCUT2D eigenvalue weighted by molar-refractivity contribution is 5.93. The summed E-state index contributed by atoms with van der Waals surface area (Å²) in [5.41, 5.74) is 3.56. The smallest absolute Gasteiger partial charge is 0.414 e. The minimum atomic E-state index is -0.366. The Balaban J connectivity index is 1.56. The van der Waals surface area contributed by atoms with Crippen molar-refractivity contribution >= 4 is 23.5 Å². The molecule has 0 atom stereocenters. The average Bonchev–Trinajstić information content (AvgIpc) is 3.06. The third kappa shape index (κ3) is 5.21. The molecule has 2 aromatic rings. The number of urea groups is 1. The van der Waals surface area contributed by atoms with Crippen LogP contribution in [-0.2, 0) is 17.8 Å². The third-order valence-electron chi connectivity index (χ3n) is 4.12. The summed E-state index contributed by atoms with van der Waals surface area (Å²) >= 11 is 0. The molecule has 1 aliphatic rings. The zero-order chi connectivity index (χ0) is 19.2. The Bertz CT molecular complexity index is 822. The van der Waals surface area contributed by atoms with E-state index in [2.05, 4.69) is 27.7 Å². The first-order valence-corrected chi connectivity index (χ1v) is 8.83. The van der Waals surface area contributed by atoms with Crippen LogP contribution in [0.3, 0.4) is 0 Å². The molecule has 2 N–H and O–H groups in total. The predicted octanol–water partition coefficient (Wildman–Crippen LogP) is 3.03. The molecular formula is C20H24N4O3. The van der Waals surface area contributed by atoms with E-state index in [4.69, 9.17) is 4.74 Å².